The summed E-state index contributed by atoms with van der Waals surface area (Å²) in [5.41, 5.74) is 2.55. The maximum atomic E-state index is 10.4. The van der Waals surface area contributed by atoms with E-state index in [1.165, 1.54) is 17.2 Å². The third-order valence-corrected chi connectivity index (χ3v) is 3.20. The summed E-state index contributed by atoms with van der Waals surface area (Å²) in [6.07, 6.45) is 3.42. The first-order valence-corrected chi connectivity index (χ1v) is 7.76. The Labute approximate surface area is 142 Å². The molecule has 0 amide bonds. The van der Waals surface area contributed by atoms with Crippen molar-refractivity contribution in [3.05, 3.63) is 72.8 Å². The summed E-state index contributed by atoms with van der Waals surface area (Å²) in [4.78, 5) is 20.6. The van der Waals surface area contributed by atoms with Crippen LogP contribution in [0.5, 0.6) is 0 Å². The van der Waals surface area contributed by atoms with Crippen LogP contribution in [0.2, 0.25) is 0 Å². The Bertz CT molecular complexity index is 610. The Morgan fingerprint density at radius 1 is 0.917 bits per heavy atom. The molecule has 24 heavy (non-hydrogen) atoms. The number of rotatable bonds is 6. The van der Waals surface area contributed by atoms with E-state index in [0.717, 1.165) is 0 Å². The second kappa shape index (κ2) is 10.8. The molecule has 2 N–H and O–H groups in total. The van der Waals surface area contributed by atoms with E-state index in [9.17, 15) is 9.59 Å². The molecule has 4 nitrogen and oxygen atoms in total. The van der Waals surface area contributed by atoms with Gasteiger partial charge in [-0.1, -0.05) is 79.7 Å². The Kier molecular flexibility index (Phi) is 8.61. The minimum atomic E-state index is -1.10. The van der Waals surface area contributed by atoms with Gasteiger partial charge in [-0.25, -0.2) is 0 Å². The molecule has 0 heterocycles. The van der Waals surface area contributed by atoms with Crippen molar-refractivity contribution in [1.29, 1.82) is 0 Å². The number of carbonyl (C=O) groups is 2. The van der Waals surface area contributed by atoms with Crippen LogP contribution in [-0.2, 0) is 9.59 Å². The molecular formula is C20H22O4. The number of aliphatic carboxylic acids is 2. The molecule has 2 aromatic carbocycles. The average molecular weight is 326 g/mol. The van der Waals surface area contributed by atoms with Crippen molar-refractivity contribution >= 4 is 11.9 Å². The molecule has 126 valence electrons. The molecule has 0 aliphatic rings. The zero-order valence-corrected chi connectivity index (χ0v) is 13.6. The van der Waals surface area contributed by atoms with E-state index in [4.69, 9.17) is 10.2 Å². The zero-order valence-electron chi connectivity index (χ0n) is 13.6. The second-order valence-electron chi connectivity index (χ2n) is 5.11. The fourth-order valence-electron chi connectivity index (χ4n) is 1.99. The minimum absolute atomic E-state index is 0.355. The van der Waals surface area contributed by atoms with Crippen LogP contribution in [0.4, 0.5) is 0 Å². The van der Waals surface area contributed by atoms with Crippen LogP contribution in [-0.4, -0.2) is 22.2 Å². The molecule has 2 rings (SSSR count). The largest absolute Gasteiger partial charge is 0.481 e. The van der Waals surface area contributed by atoms with Gasteiger partial charge in [-0.05, 0) is 17.5 Å². The van der Waals surface area contributed by atoms with Gasteiger partial charge < -0.3 is 10.2 Å². The monoisotopic (exact) mass is 326 g/mol. The highest BCUT2D eigenvalue weighted by Crippen LogP contribution is 2.17. The predicted molar refractivity (Wildman–Crippen MR) is 94.7 cm³/mol. The summed E-state index contributed by atoms with van der Waals surface area (Å²) >= 11 is 0. The van der Waals surface area contributed by atoms with Crippen LogP contribution < -0.4 is 0 Å². The van der Waals surface area contributed by atoms with Crippen LogP contribution in [0.1, 0.15) is 19.8 Å². The van der Waals surface area contributed by atoms with Crippen molar-refractivity contribution in [1.82, 2.24) is 0 Å². The van der Waals surface area contributed by atoms with E-state index in [1.807, 2.05) is 19.1 Å². The number of hydrogen-bond acceptors (Lipinski definition) is 2. The number of carboxylic acids is 2. The van der Waals surface area contributed by atoms with Gasteiger partial charge in [-0.3, -0.25) is 9.59 Å². The molecule has 0 radical (unpaired) electrons. The highest BCUT2D eigenvalue weighted by molar-refractivity contribution is 5.79. The van der Waals surface area contributed by atoms with Crippen LogP contribution in [0.15, 0.2) is 72.8 Å². The third-order valence-electron chi connectivity index (χ3n) is 3.20. The summed E-state index contributed by atoms with van der Waals surface area (Å²) < 4.78 is 0. The van der Waals surface area contributed by atoms with Crippen LogP contribution >= 0.6 is 0 Å². The van der Waals surface area contributed by atoms with E-state index >= 15 is 0 Å². The van der Waals surface area contributed by atoms with Crippen LogP contribution in [0, 0.1) is 5.92 Å². The van der Waals surface area contributed by atoms with Crippen molar-refractivity contribution in [3.8, 4) is 11.1 Å². The molecule has 1 unspecified atom stereocenters. The van der Waals surface area contributed by atoms with Gasteiger partial charge >= 0.3 is 11.9 Å². The van der Waals surface area contributed by atoms with Crippen molar-refractivity contribution < 1.29 is 19.8 Å². The lowest BCUT2D eigenvalue weighted by molar-refractivity contribution is -0.146. The summed E-state index contributed by atoms with van der Waals surface area (Å²) in [5.74, 6) is -3.09. The first-order chi connectivity index (χ1) is 11.5. The molecule has 4 heteroatoms. The summed E-state index contributed by atoms with van der Waals surface area (Å²) in [6.45, 7) is 1.86. The fraction of sp³-hybridized carbons (Fsp3) is 0.200. The zero-order chi connectivity index (χ0) is 17.8. The average Bonchev–Trinajstić information content (AvgIpc) is 2.60. The molecule has 0 bridgehead atoms. The molecule has 0 saturated carbocycles. The van der Waals surface area contributed by atoms with E-state index < -0.39 is 17.9 Å². The topological polar surface area (TPSA) is 74.6 Å². The van der Waals surface area contributed by atoms with Gasteiger partial charge in [0.25, 0.3) is 0 Å². The fourth-order valence-corrected chi connectivity index (χ4v) is 1.99. The molecule has 0 aromatic heterocycles. The molecule has 0 fully saturated rings. The lowest BCUT2D eigenvalue weighted by Crippen LogP contribution is -2.15. The van der Waals surface area contributed by atoms with Gasteiger partial charge in [-0.2, -0.15) is 0 Å². The lowest BCUT2D eigenvalue weighted by Gasteiger charge is -2.02. The standard InChI is InChI=1S/C12H10.C8H12O4/c1-3-7-11(8-4-1)12-9-5-2-6-10-12;1-2-3-4-6(8(11)12)5-7(9)10/h1-10H;3-4,6H,2,5H2,1H3,(H,9,10)(H,11,12)/b;4-3+. The number of allylic oxidation sites excluding steroid dienone is 1. The van der Waals surface area contributed by atoms with E-state index in [-0.39, 0.29) is 6.42 Å². The van der Waals surface area contributed by atoms with Crippen molar-refractivity contribution in [3.63, 3.8) is 0 Å². The Morgan fingerprint density at radius 3 is 1.71 bits per heavy atom. The lowest BCUT2D eigenvalue weighted by atomic mass is 10.1. The summed E-state index contributed by atoms with van der Waals surface area (Å²) in [6, 6.07) is 20.8. The van der Waals surface area contributed by atoms with E-state index in [2.05, 4.69) is 48.5 Å². The predicted octanol–water partition coefficient (Wildman–Crippen LogP) is 4.48. The minimum Gasteiger partial charge on any atom is -0.481 e. The highest BCUT2D eigenvalue weighted by Gasteiger charge is 2.16. The smallest absolute Gasteiger partial charge is 0.310 e. The first-order valence-electron chi connectivity index (χ1n) is 7.76. The SMILES string of the molecule is CC/C=C/C(CC(=O)O)C(=O)O.c1ccc(-c2ccccc2)cc1. The van der Waals surface area contributed by atoms with Gasteiger partial charge in [0, 0.05) is 0 Å². The van der Waals surface area contributed by atoms with Gasteiger partial charge in [0.05, 0.1) is 12.3 Å². The Hall–Kier alpha value is -2.88. The normalized spacial score (nSPS) is 11.4. The molecule has 0 spiro atoms. The Balaban J connectivity index is 0.000000240. The maximum absolute atomic E-state index is 10.4. The number of benzene rings is 2. The van der Waals surface area contributed by atoms with Crippen molar-refractivity contribution in [2.24, 2.45) is 5.92 Å². The summed E-state index contributed by atoms with van der Waals surface area (Å²) in [7, 11) is 0. The third kappa shape index (κ3) is 7.40. The second-order valence-corrected chi connectivity index (χ2v) is 5.11. The molecule has 0 saturated heterocycles. The maximum Gasteiger partial charge on any atom is 0.310 e. The molecule has 0 aliphatic carbocycles. The van der Waals surface area contributed by atoms with Crippen LogP contribution in [0.3, 0.4) is 0 Å². The van der Waals surface area contributed by atoms with Crippen LogP contribution in [0.25, 0.3) is 11.1 Å². The number of hydrogen-bond donors (Lipinski definition) is 2. The van der Waals surface area contributed by atoms with Gasteiger partial charge in [0.1, 0.15) is 0 Å². The Morgan fingerprint density at radius 2 is 1.38 bits per heavy atom. The highest BCUT2D eigenvalue weighted by atomic mass is 16.4. The molecule has 2 aromatic rings. The quantitative estimate of drug-likeness (QED) is 0.767. The van der Waals surface area contributed by atoms with Crippen molar-refractivity contribution in [2.75, 3.05) is 0 Å². The van der Waals surface area contributed by atoms with Gasteiger partial charge in [-0.15, -0.1) is 0 Å². The number of carboxylic acid groups (broad SMARTS) is 2. The van der Waals surface area contributed by atoms with Crippen molar-refractivity contribution in [2.45, 2.75) is 19.8 Å². The summed E-state index contributed by atoms with van der Waals surface area (Å²) in [5, 5.41) is 16.9. The molecule has 1 atom stereocenters. The molecule has 0 aliphatic heterocycles. The van der Waals surface area contributed by atoms with E-state index in [0.29, 0.717) is 6.42 Å². The van der Waals surface area contributed by atoms with E-state index in [1.54, 1.807) is 6.08 Å². The first kappa shape index (κ1) is 19.2. The van der Waals surface area contributed by atoms with Gasteiger partial charge in [0.2, 0.25) is 0 Å². The molecular weight excluding hydrogens is 304 g/mol. The van der Waals surface area contributed by atoms with Gasteiger partial charge in [0.15, 0.2) is 0 Å².